The van der Waals surface area contributed by atoms with Crippen molar-refractivity contribution in [3.05, 3.63) is 41.3 Å². The molecule has 5 heterocycles. The van der Waals surface area contributed by atoms with E-state index in [0.29, 0.717) is 42.5 Å². The quantitative estimate of drug-likeness (QED) is 0.294. The Hall–Kier alpha value is -3.17. The smallest absolute Gasteiger partial charge is 0.410 e. The first-order chi connectivity index (χ1) is 21.2. The summed E-state index contributed by atoms with van der Waals surface area (Å²) in [6, 6.07) is 9.19. The van der Waals surface area contributed by atoms with Crippen LogP contribution in [-0.4, -0.2) is 80.2 Å². The van der Waals surface area contributed by atoms with E-state index in [-0.39, 0.29) is 24.1 Å². The van der Waals surface area contributed by atoms with Gasteiger partial charge in [0.1, 0.15) is 11.1 Å². The third-order valence-corrected chi connectivity index (χ3v) is 10.5. The van der Waals surface area contributed by atoms with Crippen LogP contribution in [0.25, 0.3) is 22.3 Å². The molecule has 3 fully saturated rings. The molecule has 3 aliphatic heterocycles. The van der Waals surface area contributed by atoms with Gasteiger partial charge in [-0.25, -0.2) is 14.8 Å². The standard InChI is InChI=1S/C35H45ClN6O3/c1-21(2)41-20-37-27-17-26(38-30(36)29(27)41)22-8-9-25-28(14-22)42(24-15-23(16-24)40-18-34(6,7)19-40)31(43)35(25)10-12-39(13-11-35)32(44)45-33(3,4)5/h8-9,14,17,20-21,23-24H,10-13,15-16,18-19H2,1-7H3/t23-,24+. The summed E-state index contributed by atoms with van der Waals surface area (Å²) in [7, 11) is 0. The highest BCUT2D eigenvalue weighted by molar-refractivity contribution is 6.34. The van der Waals surface area contributed by atoms with E-state index in [9.17, 15) is 9.59 Å². The van der Waals surface area contributed by atoms with Crippen LogP contribution in [0.4, 0.5) is 10.5 Å². The van der Waals surface area contributed by atoms with Crippen molar-refractivity contribution >= 4 is 40.3 Å². The number of hydrogen-bond donors (Lipinski definition) is 0. The normalized spacial score (nSPS) is 24.2. The van der Waals surface area contributed by atoms with Crippen molar-refractivity contribution in [1.82, 2.24) is 24.3 Å². The van der Waals surface area contributed by atoms with Crippen molar-refractivity contribution in [2.45, 2.75) is 103 Å². The molecule has 240 valence electrons. The number of nitrogens with zero attached hydrogens (tertiary/aromatic N) is 6. The van der Waals surface area contributed by atoms with E-state index in [0.717, 1.165) is 59.5 Å². The van der Waals surface area contributed by atoms with Crippen molar-refractivity contribution in [1.29, 1.82) is 0 Å². The van der Waals surface area contributed by atoms with Crippen molar-refractivity contribution in [2.75, 3.05) is 31.1 Å². The molecule has 1 aromatic carbocycles. The largest absolute Gasteiger partial charge is 0.444 e. The number of carbonyl (C=O) groups is 2. The highest BCUT2D eigenvalue weighted by Crippen LogP contribution is 2.52. The fraction of sp³-hybridized carbons (Fsp3) is 0.600. The number of pyridine rings is 1. The van der Waals surface area contributed by atoms with Gasteiger partial charge in [0.25, 0.3) is 0 Å². The number of ether oxygens (including phenoxy) is 1. The summed E-state index contributed by atoms with van der Waals surface area (Å²) < 4.78 is 7.70. The van der Waals surface area contributed by atoms with Crippen LogP contribution in [0.2, 0.25) is 5.15 Å². The van der Waals surface area contributed by atoms with Crippen LogP contribution in [-0.2, 0) is 14.9 Å². The van der Waals surface area contributed by atoms with Crippen LogP contribution in [0.5, 0.6) is 0 Å². The lowest BCUT2D eigenvalue weighted by Crippen LogP contribution is -2.64. The zero-order valence-electron chi connectivity index (χ0n) is 27.6. The molecule has 10 heteroatoms. The van der Waals surface area contributed by atoms with E-state index in [1.165, 1.54) is 0 Å². The minimum atomic E-state index is -0.652. The molecule has 0 unspecified atom stereocenters. The lowest BCUT2D eigenvalue weighted by molar-refractivity contribution is -0.126. The highest BCUT2D eigenvalue weighted by Gasteiger charge is 2.56. The van der Waals surface area contributed by atoms with Crippen molar-refractivity contribution < 1.29 is 14.3 Å². The van der Waals surface area contributed by atoms with Gasteiger partial charge in [-0.2, -0.15) is 0 Å². The Labute approximate surface area is 270 Å². The summed E-state index contributed by atoms with van der Waals surface area (Å²) >= 11 is 6.75. The number of hydrogen-bond acceptors (Lipinski definition) is 6. The Bertz CT molecular complexity index is 1670. The van der Waals surface area contributed by atoms with Gasteiger partial charge in [-0.05, 0) is 83.4 Å². The molecule has 1 aliphatic carbocycles. The Morgan fingerprint density at radius 1 is 1.07 bits per heavy atom. The van der Waals surface area contributed by atoms with Gasteiger partial charge in [0.05, 0.1) is 23.0 Å². The molecule has 1 saturated carbocycles. The zero-order valence-corrected chi connectivity index (χ0v) is 28.3. The number of fused-ring (bicyclic) bond motifs is 3. The Balaban J connectivity index is 1.21. The maximum Gasteiger partial charge on any atom is 0.410 e. The molecule has 7 rings (SSSR count). The first-order valence-corrected chi connectivity index (χ1v) is 16.8. The molecule has 3 aromatic rings. The van der Waals surface area contributed by atoms with Gasteiger partial charge >= 0.3 is 6.09 Å². The lowest BCUT2D eigenvalue weighted by Gasteiger charge is -2.55. The summed E-state index contributed by atoms with van der Waals surface area (Å²) in [4.78, 5) is 43.3. The number of rotatable bonds is 4. The van der Waals surface area contributed by atoms with Crippen molar-refractivity contribution in [3.8, 4) is 11.3 Å². The molecule has 4 aliphatic rings. The molecule has 9 nitrogen and oxygen atoms in total. The Kier molecular flexibility index (Phi) is 7.06. The predicted molar refractivity (Wildman–Crippen MR) is 177 cm³/mol. The average Bonchev–Trinajstić information content (AvgIpc) is 3.45. The first-order valence-electron chi connectivity index (χ1n) is 16.4. The van der Waals surface area contributed by atoms with E-state index in [4.69, 9.17) is 21.3 Å². The maximum absolute atomic E-state index is 14.6. The molecule has 0 bridgehead atoms. The summed E-state index contributed by atoms with van der Waals surface area (Å²) in [6.07, 6.45) is 4.62. The SMILES string of the molecule is CC(C)n1cnc2cc(-c3ccc4c(c3)N([C@H]3C[C@@H](N5CC(C)(C)C5)C3)C(=O)C43CCN(C(=O)OC(C)(C)C)CC3)nc(Cl)c21. The lowest BCUT2D eigenvalue weighted by atomic mass is 9.73. The van der Waals surface area contributed by atoms with E-state index in [2.05, 4.69) is 60.7 Å². The summed E-state index contributed by atoms with van der Waals surface area (Å²) in [5.74, 6) is 0.169. The first kappa shape index (κ1) is 30.5. The summed E-state index contributed by atoms with van der Waals surface area (Å²) in [6.45, 7) is 17.7. The van der Waals surface area contributed by atoms with Gasteiger partial charge in [0.2, 0.25) is 5.91 Å². The van der Waals surface area contributed by atoms with Crippen LogP contribution in [0, 0.1) is 5.41 Å². The Morgan fingerprint density at radius 2 is 1.76 bits per heavy atom. The predicted octanol–water partition coefficient (Wildman–Crippen LogP) is 6.82. The fourth-order valence-corrected chi connectivity index (χ4v) is 8.21. The summed E-state index contributed by atoms with van der Waals surface area (Å²) in [5.41, 5.74) is 4.49. The van der Waals surface area contributed by atoms with Gasteiger partial charge in [-0.1, -0.05) is 37.6 Å². The zero-order chi connectivity index (χ0) is 32.1. The maximum atomic E-state index is 14.6. The number of benzene rings is 1. The number of imidazole rings is 1. The number of carbonyl (C=O) groups excluding carboxylic acids is 2. The number of amides is 2. The van der Waals surface area contributed by atoms with Crippen LogP contribution in [0.1, 0.15) is 85.8 Å². The van der Waals surface area contributed by atoms with Crippen LogP contribution >= 0.6 is 11.6 Å². The topological polar surface area (TPSA) is 83.8 Å². The minimum absolute atomic E-state index is 0.157. The molecule has 0 radical (unpaired) electrons. The molecule has 2 saturated heterocycles. The molecule has 2 amide bonds. The molecular formula is C35H45ClN6O3. The second-order valence-electron chi connectivity index (χ2n) is 15.7. The van der Waals surface area contributed by atoms with Gasteiger partial charge in [0, 0.05) is 55.6 Å². The second kappa shape index (κ2) is 10.4. The molecular weight excluding hydrogens is 588 g/mol. The van der Waals surface area contributed by atoms with Crippen molar-refractivity contribution in [2.24, 2.45) is 5.41 Å². The number of likely N-dealkylation sites (tertiary alicyclic amines) is 2. The van der Waals surface area contributed by atoms with E-state index in [1.807, 2.05) is 37.7 Å². The van der Waals surface area contributed by atoms with Gasteiger partial charge in [-0.3, -0.25) is 9.69 Å². The second-order valence-corrected chi connectivity index (χ2v) is 16.1. The monoisotopic (exact) mass is 632 g/mol. The third-order valence-electron chi connectivity index (χ3n) is 10.3. The number of halogens is 1. The van der Waals surface area contributed by atoms with E-state index >= 15 is 0 Å². The minimum Gasteiger partial charge on any atom is -0.444 e. The molecule has 2 aromatic heterocycles. The fourth-order valence-electron chi connectivity index (χ4n) is 7.93. The van der Waals surface area contributed by atoms with Gasteiger partial charge in [-0.15, -0.1) is 0 Å². The van der Waals surface area contributed by atoms with E-state index < -0.39 is 11.0 Å². The molecule has 45 heavy (non-hydrogen) atoms. The van der Waals surface area contributed by atoms with Gasteiger partial charge in [0.15, 0.2) is 5.15 Å². The molecule has 1 spiro atoms. The van der Waals surface area contributed by atoms with Gasteiger partial charge < -0.3 is 19.1 Å². The van der Waals surface area contributed by atoms with Crippen LogP contribution in [0.15, 0.2) is 30.6 Å². The van der Waals surface area contributed by atoms with E-state index in [1.54, 1.807) is 4.90 Å². The molecule has 0 atom stereocenters. The third kappa shape index (κ3) is 5.10. The summed E-state index contributed by atoms with van der Waals surface area (Å²) in [5, 5.41) is 0.424. The number of anilines is 1. The number of aromatic nitrogens is 3. The Morgan fingerprint density at radius 3 is 2.38 bits per heavy atom. The van der Waals surface area contributed by atoms with Crippen molar-refractivity contribution in [3.63, 3.8) is 0 Å². The van der Waals surface area contributed by atoms with Crippen LogP contribution in [0.3, 0.4) is 0 Å². The van der Waals surface area contributed by atoms with Crippen LogP contribution < -0.4 is 4.90 Å². The number of piperidine rings is 1. The highest BCUT2D eigenvalue weighted by atomic mass is 35.5. The average molecular weight is 633 g/mol. The molecule has 0 N–H and O–H groups in total.